The molecule has 1 aliphatic rings. The van der Waals surface area contributed by atoms with Crippen LogP contribution in [-0.4, -0.2) is 48.2 Å². The third kappa shape index (κ3) is 4.47. The van der Waals surface area contributed by atoms with Gasteiger partial charge in [-0.15, -0.1) is 0 Å². The molecule has 3 rings (SSSR count). The van der Waals surface area contributed by atoms with E-state index in [9.17, 15) is 14.7 Å². The predicted molar refractivity (Wildman–Crippen MR) is 96.2 cm³/mol. The second kappa shape index (κ2) is 9.01. The van der Waals surface area contributed by atoms with Crippen LogP contribution < -0.4 is 0 Å². The standard InChI is InChI=1S/C19H17N3O6/c20-22-21-17-15(23)16(28-19(25)13-9-5-2-6-10-13)14(27-17)11-26-18(24)12-7-3-1-4-8-12/h1-10,14-17,23H,11H2/t14-,15+,16-,17+/m1/s1. The molecular weight excluding hydrogens is 366 g/mol. The monoisotopic (exact) mass is 383 g/mol. The summed E-state index contributed by atoms with van der Waals surface area (Å²) in [6.07, 6.45) is -4.83. The molecule has 1 fully saturated rings. The van der Waals surface area contributed by atoms with Crippen molar-refractivity contribution in [3.8, 4) is 0 Å². The number of carbonyl (C=O) groups is 2. The Balaban J connectivity index is 1.70. The SMILES string of the molecule is [N-]=[N+]=N[C@H]1O[C@H](COC(=O)c2ccccc2)[C@@H](OC(=O)c2ccccc2)[C@@H]1O. The van der Waals surface area contributed by atoms with E-state index in [0.29, 0.717) is 5.56 Å². The highest BCUT2D eigenvalue weighted by Gasteiger charge is 2.46. The second-order valence-electron chi connectivity index (χ2n) is 5.96. The number of esters is 2. The first-order chi connectivity index (χ1) is 13.6. The Hall–Kier alpha value is -3.39. The summed E-state index contributed by atoms with van der Waals surface area (Å²) in [5.74, 6) is -1.28. The minimum absolute atomic E-state index is 0.280. The van der Waals surface area contributed by atoms with Gasteiger partial charge in [-0.05, 0) is 29.8 Å². The number of hydrogen-bond donors (Lipinski definition) is 1. The molecule has 4 atom stereocenters. The van der Waals surface area contributed by atoms with Crippen LogP contribution in [0.1, 0.15) is 20.7 Å². The average molecular weight is 383 g/mol. The summed E-state index contributed by atoms with van der Waals surface area (Å²) >= 11 is 0. The summed E-state index contributed by atoms with van der Waals surface area (Å²) in [5.41, 5.74) is 9.24. The lowest BCUT2D eigenvalue weighted by Gasteiger charge is -2.20. The van der Waals surface area contributed by atoms with Crippen LogP contribution in [0.25, 0.3) is 10.4 Å². The summed E-state index contributed by atoms with van der Waals surface area (Å²) in [6, 6.07) is 16.5. The van der Waals surface area contributed by atoms with Gasteiger partial charge in [-0.1, -0.05) is 41.5 Å². The third-order valence-electron chi connectivity index (χ3n) is 4.12. The molecule has 0 amide bonds. The van der Waals surface area contributed by atoms with E-state index in [2.05, 4.69) is 10.0 Å². The summed E-state index contributed by atoms with van der Waals surface area (Å²) in [4.78, 5) is 27.0. The number of hydrogen-bond acceptors (Lipinski definition) is 7. The van der Waals surface area contributed by atoms with Crippen LogP contribution in [0.5, 0.6) is 0 Å². The van der Waals surface area contributed by atoms with Crippen molar-refractivity contribution in [1.82, 2.24) is 0 Å². The molecule has 0 aromatic heterocycles. The lowest BCUT2D eigenvalue weighted by atomic mass is 10.1. The van der Waals surface area contributed by atoms with Crippen molar-refractivity contribution in [3.05, 3.63) is 82.2 Å². The fraction of sp³-hybridized carbons (Fsp3) is 0.263. The van der Waals surface area contributed by atoms with E-state index in [1.54, 1.807) is 60.7 Å². The molecule has 0 bridgehead atoms. The van der Waals surface area contributed by atoms with E-state index >= 15 is 0 Å². The Morgan fingerprint density at radius 1 is 1.04 bits per heavy atom. The van der Waals surface area contributed by atoms with Gasteiger partial charge in [0.1, 0.15) is 18.8 Å². The Morgan fingerprint density at radius 2 is 1.61 bits per heavy atom. The Morgan fingerprint density at radius 3 is 2.18 bits per heavy atom. The molecule has 9 nitrogen and oxygen atoms in total. The molecule has 1 heterocycles. The lowest BCUT2D eigenvalue weighted by molar-refractivity contribution is -0.0427. The number of nitrogens with zero attached hydrogens (tertiary/aromatic N) is 3. The Kier molecular flexibility index (Phi) is 6.23. The zero-order valence-electron chi connectivity index (χ0n) is 14.6. The zero-order valence-corrected chi connectivity index (χ0v) is 14.6. The fourth-order valence-corrected chi connectivity index (χ4v) is 2.73. The van der Waals surface area contributed by atoms with Crippen molar-refractivity contribution >= 4 is 11.9 Å². The molecule has 0 spiro atoms. The molecule has 1 N–H and O–H groups in total. The molecule has 0 saturated carbocycles. The van der Waals surface area contributed by atoms with Gasteiger partial charge in [-0.2, -0.15) is 0 Å². The van der Waals surface area contributed by atoms with Crippen LogP contribution in [0.4, 0.5) is 0 Å². The van der Waals surface area contributed by atoms with E-state index < -0.39 is 36.5 Å². The molecule has 1 saturated heterocycles. The van der Waals surface area contributed by atoms with Gasteiger partial charge in [-0.25, -0.2) is 9.59 Å². The van der Waals surface area contributed by atoms with Gasteiger partial charge >= 0.3 is 11.9 Å². The topological polar surface area (TPSA) is 131 Å². The molecule has 0 unspecified atom stereocenters. The van der Waals surface area contributed by atoms with Crippen LogP contribution in [0.15, 0.2) is 65.8 Å². The molecule has 144 valence electrons. The smallest absolute Gasteiger partial charge is 0.338 e. The van der Waals surface area contributed by atoms with Gasteiger partial charge in [0, 0.05) is 4.91 Å². The van der Waals surface area contributed by atoms with Crippen LogP contribution >= 0.6 is 0 Å². The van der Waals surface area contributed by atoms with E-state index in [1.807, 2.05) is 0 Å². The van der Waals surface area contributed by atoms with Gasteiger partial charge < -0.3 is 19.3 Å². The highest BCUT2D eigenvalue weighted by Crippen LogP contribution is 2.26. The highest BCUT2D eigenvalue weighted by atomic mass is 16.6. The van der Waals surface area contributed by atoms with Crippen molar-refractivity contribution < 1.29 is 28.9 Å². The van der Waals surface area contributed by atoms with Gasteiger partial charge in [0.25, 0.3) is 0 Å². The van der Waals surface area contributed by atoms with Crippen molar-refractivity contribution in [1.29, 1.82) is 0 Å². The number of carbonyl (C=O) groups excluding carboxylic acids is 2. The van der Waals surface area contributed by atoms with E-state index in [0.717, 1.165) is 0 Å². The molecule has 9 heteroatoms. The summed E-state index contributed by atoms with van der Waals surface area (Å²) < 4.78 is 16.0. The first-order valence-corrected chi connectivity index (χ1v) is 8.46. The van der Waals surface area contributed by atoms with Gasteiger partial charge in [-0.3, -0.25) is 0 Å². The van der Waals surface area contributed by atoms with Crippen molar-refractivity contribution in [2.45, 2.75) is 24.5 Å². The van der Waals surface area contributed by atoms with Crippen molar-refractivity contribution in [2.75, 3.05) is 6.61 Å². The molecule has 2 aromatic carbocycles. The van der Waals surface area contributed by atoms with Crippen LogP contribution in [0.2, 0.25) is 0 Å². The largest absolute Gasteiger partial charge is 0.459 e. The molecule has 0 radical (unpaired) electrons. The van der Waals surface area contributed by atoms with Gasteiger partial charge in [0.05, 0.1) is 11.1 Å². The zero-order chi connectivity index (χ0) is 19.9. The first kappa shape index (κ1) is 19.4. The molecule has 1 aliphatic heterocycles. The van der Waals surface area contributed by atoms with Crippen molar-refractivity contribution in [2.24, 2.45) is 5.11 Å². The Bertz CT molecular complexity index is 870. The molecule has 0 aliphatic carbocycles. The molecular formula is C19H17N3O6. The number of aliphatic hydroxyl groups excluding tert-OH is 1. The highest BCUT2D eigenvalue weighted by molar-refractivity contribution is 5.90. The maximum absolute atomic E-state index is 12.3. The minimum Gasteiger partial charge on any atom is -0.459 e. The van der Waals surface area contributed by atoms with E-state index in [4.69, 9.17) is 19.7 Å². The number of benzene rings is 2. The van der Waals surface area contributed by atoms with E-state index in [1.165, 1.54) is 0 Å². The van der Waals surface area contributed by atoms with E-state index in [-0.39, 0.29) is 12.2 Å². The summed E-state index contributed by atoms with van der Waals surface area (Å²) in [6.45, 7) is -0.297. The first-order valence-electron chi connectivity index (χ1n) is 8.46. The van der Waals surface area contributed by atoms with Crippen LogP contribution in [0.3, 0.4) is 0 Å². The van der Waals surface area contributed by atoms with Gasteiger partial charge in [0.2, 0.25) is 0 Å². The normalized spacial score (nSPS) is 23.5. The minimum atomic E-state index is -1.40. The van der Waals surface area contributed by atoms with Crippen LogP contribution in [0, 0.1) is 0 Å². The summed E-state index contributed by atoms with van der Waals surface area (Å²) in [7, 11) is 0. The second-order valence-corrected chi connectivity index (χ2v) is 5.96. The fourth-order valence-electron chi connectivity index (χ4n) is 2.73. The molecule has 28 heavy (non-hydrogen) atoms. The predicted octanol–water partition coefficient (Wildman–Crippen LogP) is 2.47. The number of rotatable bonds is 6. The third-order valence-corrected chi connectivity index (χ3v) is 4.12. The number of aliphatic hydroxyl groups is 1. The summed E-state index contributed by atoms with van der Waals surface area (Å²) in [5, 5.41) is 13.7. The number of azide groups is 1. The number of ether oxygens (including phenoxy) is 3. The maximum Gasteiger partial charge on any atom is 0.338 e. The van der Waals surface area contributed by atoms with Gasteiger partial charge in [0.15, 0.2) is 12.3 Å². The quantitative estimate of drug-likeness (QED) is 0.353. The van der Waals surface area contributed by atoms with Crippen LogP contribution in [-0.2, 0) is 14.2 Å². The lowest BCUT2D eigenvalue weighted by Crippen LogP contribution is -2.39. The Labute approximate surface area is 160 Å². The maximum atomic E-state index is 12.3. The molecule has 2 aromatic rings. The average Bonchev–Trinajstić information content (AvgIpc) is 3.02. The van der Waals surface area contributed by atoms with Crippen molar-refractivity contribution in [3.63, 3.8) is 0 Å².